The number of rotatable bonds is 0. The van der Waals surface area contributed by atoms with Gasteiger partial charge < -0.3 is 5.32 Å². The average Bonchev–Trinajstić information content (AvgIpc) is 2.04. The second-order valence-corrected chi connectivity index (χ2v) is 3.25. The third kappa shape index (κ3) is 1.27. The maximum absolute atomic E-state index is 10.9. The molecule has 0 bridgehead atoms. The summed E-state index contributed by atoms with van der Waals surface area (Å²) in [6, 6.07) is 0.711. The average molecular weight is 152 g/mol. The summed E-state index contributed by atoms with van der Waals surface area (Å²) in [5, 5.41) is 2.93. The molecule has 11 heavy (non-hydrogen) atoms. The molecule has 1 N–H and O–H groups in total. The molecule has 1 aliphatic carbocycles. The highest BCUT2D eigenvalue weighted by atomic mass is 16.1. The first-order chi connectivity index (χ1) is 5.36. The fourth-order valence-corrected chi connectivity index (χ4v) is 1.84. The third-order valence-electron chi connectivity index (χ3n) is 2.44. The van der Waals surface area contributed by atoms with E-state index in [1.807, 2.05) is 0 Å². The van der Waals surface area contributed by atoms with E-state index in [1.165, 1.54) is 19.1 Å². The lowest BCUT2D eigenvalue weighted by Crippen LogP contribution is -2.48. The van der Waals surface area contributed by atoms with Gasteiger partial charge in [0.15, 0.2) is 0 Å². The highest BCUT2D eigenvalue weighted by Gasteiger charge is 2.27. The molecule has 3 heteroatoms. The van der Waals surface area contributed by atoms with Crippen LogP contribution in [0, 0.1) is 0 Å². The van der Waals surface area contributed by atoms with Gasteiger partial charge in [-0.25, -0.2) is 0 Å². The molecule has 0 spiro atoms. The number of carbonyl (C=O) groups is 1. The fraction of sp³-hybridized carbons (Fsp3) is 0.750. The van der Waals surface area contributed by atoms with Crippen LogP contribution in [0.25, 0.3) is 0 Å². The van der Waals surface area contributed by atoms with Crippen molar-refractivity contribution in [2.24, 2.45) is 4.99 Å². The van der Waals surface area contributed by atoms with Gasteiger partial charge in [0.05, 0.1) is 18.3 Å². The van der Waals surface area contributed by atoms with E-state index in [4.69, 9.17) is 0 Å². The number of nitrogens with one attached hydrogen (secondary N) is 1. The van der Waals surface area contributed by atoms with E-state index in [9.17, 15) is 4.79 Å². The van der Waals surface area contributed by atoms with Gasteiger partial charge >= 0.3 is 0 Å². The molecular formula is C8H12N2O. The number of fused-ring (bicyclic) bond motifs is 1. The van der Waals surface area contributed by atoms with Crippen LogP contribution in [0.1, 0.15) is 25.7 Å². The third-order valence-corrected chi connectivity index (χ3v) is 2.44. The molecule has 1 amide bonds. The van der Waals surface area contributed by atoms with Gasteiger partial charge in [-0.2, -0.15) is 0 Å². The molecule has 1 aliphatic heterocycles. The monoisotopic (exact) mass is 152 g/mol. The van der Waals surface area contributed by atoms with Crippen molar-refractivity contribution in [3.05, 3.63) is 0 Å². The molecule has 0 aromatic heterocycles. The molecule has 2 rings (SSSR count). The molecular weight excluding hydrogens is 140 g/mol. The Hall–Kier alpha value is -0.860. The zero-order valence-electron chi connectivity index (χ0n) is 6.42. The molecule has 2 aliphatic rings. The molecule has 1 fully saturated rings. The summed E-state index contributed by atoms with van der Waals surface area (Å²) < 4.78 is 0. The van der Waals surface area contributed by atoms with Gasteiger partial charge in [0.2, 0.25) is 0 Å². The van der Waals surface area contributed by atoms with Gasteiger partial charge in [-0.15, -0.1) is 0 Å². The Morgan fingerprint density at radius 1 is 1.45 bits per heavy atom. The first kappa shape index (κ1) is 6.83. The predicted molar refractivity (Wildman–Crippen MR) is 42.7 cm³/mol. The van der Waals surface area contributed by atoms with Crippen molar-refractivity contribution in [1.82, 2.24) is 5.32 Å². The minimum atomic E-state index is -0.0202. The van der Waals surface area contributed by atoms with E-state index in [0.29, 0.717) is 12.1 Å². The van der Waals surface area contributed by atoms with Crippen molar-refractivity contribution >= 4 is 12.1 Å². The van der Waals surface area contributed by atoms with Crippen LogP contribution in [0.2, 0.25) is 0 Å². The molecule has 1 saturated carbocycles. The van der Waals surface area contributed by atoms with Crippen LogP contribution in [0.15, 0.2) is 4.99 Å². The van der Waals surface area contributed by atoms with Crippen molar-refractivity contribution in [3.8, 4) is 0 Å². The molecule has 1 unspecified atom stereocenters. The highest BCUT2D eigenvalue weighted by molar-refractivity contribution is 6.26. The van der Waals surface area contributed by atoms with Crippen molar-refractivity contribution in [2.45, 2.75) is 37.8 Å². The minimum Gasteiger partial charge on any atom is -0.346 e. The number of hydrogen-bond acceptors (Lipinski definition) is 2. The van der Waals surface area contributed by atoms with Crippen LogP contribution in [0.3, 0.4) is 0 Å². The van der Waals surface area contributed by atoms with Gasteiger partial charge in [-0.1, -0.05) is 12.8 Å². The van der Waals surface area contributed by atoms with Crippen molar-refractivity contribution in [1.29, 1.82) is 0 Å². The molecule has 1 heterocycles. The van der Waals surface area contributed by atoms with E-state index in [0.717, 1.165) is 12.8 Å². The first-order valence-corrected chi connectivity index (χ1v) is 4.20. The quantitative estimate of drug-likeness (QED) is 0.539. The summed E-state index contributed by atoms with van der Waals surface area (Å²) >= 11 is 0. The van der Waals surface area contributed by atoms with Crippen LogP contribution < -0.4 is 5.32 Å². The lowest BCUT2D eigenvalue weighted by Gasteiger charge is -2.31. The normalized spacial score (nSPS) is 36.2. The Balaban J connectivity index is 2.10. The van der Waals surface area contributed by atoms with Crippen molar-refractivity contribution in [2.75, 3.05) is 0 Å². The fourth-order valence-electron chi connectivity index (χ4n) is 1.84. The minimum absolute atomic E-state index is 0.0202. The zero-order valence-corrected chi connectivity index (χ0v) is 6.42. The summed E-state index contributed by atoms with van der Waals surface area (Å²) in [5.41, 5.74) is 0. The summed E-state index contributed by atoms with van der Waals surface area (Å²) in [7, 11) is 0. The lowest BCUT2D eigenvalue weighted by atomic mass is 9.90. The van der Waals surface area contributed by atoms with Crippen LogP contribution >= 0.6 is 0 Å². The van der Waals surface area contributed by atoms with Crippen molar-refractivity contribution < 1.29 is 4.79 Å². The van der Waals surface area contributed by atoms with Crippen LogP contribution in [-0.2, 0) is 4.79 Å². The standard InChI is InChI=1S/C8H12N2O/c11-8-5-9-6-3-1-2-4-7(6)10-8/h5-7H,1-4H2,(H,10,11)/t6?,7-/m0/s1. The molecule has 0 aromatic carbocycles. The predicted octanol–water partition coefficient (Wildman–Crippen LogP) is 0.498. The van der Waals surface area contributed by atoms with E-state index in [1.54, 1.807) is 0 Å². The van der Waals surface area contributed by atoms with Gasteiger partial charge in [-0.05, 0) is 12.8 Å². The first-order valence-electron chi connectivity index (χ1n) is 4.20. The van der Waals surface area contributed by atoms with Crippen LogP contribution in [0.4, 0.5) is 0 Å². The second-order valence-electron chi connectivity index (χ2n) is 3.25. The van der Waals surface area contributed by atoms with E-state index in [-0.39, 0.29) is 5.91 Å². The zero-order chi connectivity index (χ0) is 7.68. The molecule has 0 saturated heterocycles. The molecule has 0 radical (unpaired) electrons. The number of amides is 1. The van der Waals surface area contributed by atoms with Gasteiger partial charge in [-0.3, -0.25) is 9.79 Å². The lowest BCUT2D eigenvalue weighted by molar-refractivity contribution is -0.115. The highest BCUT2D eigenvalue weighted by Crippen LogP contribution is 2.22. The summed E-state index contributed by atoms with van der Waals surface area (Å²) in [5.74, 6) is -0.0202. The Labute approximate surface area is 65.9 Å². The maximum Gasteiger partial charge on any atom is 0.262 e. The number of nitrogens with zero attached hydrogens (tertiary/aromatic N) is 1. The molecule has 3 nitrogen and oxygen atoms in total. The Morgan fingerprint density at radius 3 is 3.18 bits per heavy atom. The maximum atomic E-state index is 10.9. The second kappa shape index (κ2) is 2.64. The molecule has 2 atom stereocenters. The van der Waals surface area contributed by atoms with E-state index >= 15 is 0 Å². The molecule has 0 aromatic rings. The van der Waals surface area contributed by atoms with Gasteiger partial charge in [0.25, 0.3) is 5.91 Å². The topological polar surface area (TPSA) is 41.5 Å². The Morgan fingerprint density at radius 2 is 2.27 bits per heavy atom. The SMILES string of the molecule is O=C1C=NC2CCCC[C@@H]2N1. The summed E-state index contributed by atoms with van der Waals surface area (Å²) in [6.07, 6.45) is 6.16. The largest absolute Gasteiger partial charge is 0.346 e. The number of aliphatic imine (C=N–C) groups is 1. The summed E-state index contributed by atoms with van der Waals surface area (Å²) in [4.78, 5) is 15.1. The van der Waals surface area contributed by atoms with Gasteiger partial charge in [0, 0.05) is 0 Å². The van der Waals surface area contributed by atoms with Crippen LogP contribution in [-0.4, -0.2) is 24.2 Å². The van der Waals surface area contributed by atoms with E-state index < -0.39 is 0 Å². The van der Waals surface area contributed by atoms with E-state index in [2.05, 4.69) is 10.3 Å². The van der Waals surface area contributed by atoms with Crippen LogP contribution in [0.5, 0.6) is 0 Å². The summed E-state index contributed by atoms with van der Waals surface area (Å²) in [6.45, 7) is 0. The number of hydrogen-bond donors (Lipinski definition) is 1. The number of carbonyl (C=O) groups excluding carboxylic acids is 1. The Bertz CT molecular complexity index is 200. The smallest absolute Gasteiger partial charge is 0.262 e. The van der Waals surface area contributed by atoms with Crippen molar-refractivity contribution in [3.63, 3.8) is 0 Å². The Kier molecular flexibility index (Phi) is 1.64. The molecule has 60 valence electrons. The van der Waals surface area contributed by atoms with Gasteiger partial charge in [0.1, 0.15) is 0 Å².